The number of aromatic nitrogens is 2. The molecule has 0 aliphatic carbocycles. The number of rotatable bonds is 5. The lowest BCUT2D eigenvalue weighted by Crippen LogP contribution is -2.13. The minimum absolute atomic E-state index is 0.237. The number of anilines is 2. The van der Waals surface area contributed by atoms with Crippen LogP contribution in [-0.2, 0) is 0 Å². The maximum absolute atomic E-state index is 12.8. The highest BCUT2D eigenvalue weighted by molar-refractivity contribution is 6.09. The zero-order valence-electron chi connectivity index (χ0n) is 18.1. The second kappa shape index (κ2) is 9.34. The predicted octanol–water partition coefficient (Wildman–Crippen LogP) is 5.80. The van der Waals surface area contributed by atoms with Gasteiger partial charge in [0.2, 0.25) is 0 Å². The van der Waals surface area contributed by atoms with Crippen LogP contribution in [0, 0.1) is 0 Å². The molecule has 34 heavy (non-hydrogen) atoms. The minimum atomic E-state index is -0.240. The van der Waals surface area contributed by atoms with Gasteiger partial charge in [-0.1, -0.05) is 54.6 Å². The van der Waals surface area contributed by atoms with Gasteiger partial charge in [0.05, 0.1) is 22.5 Å². The van der Waals surface area contributed by atoms with Crippen molar-refractivity contribution in [3.63, 3.8) is 0 Å². The van der Waals surface area contributed by atoms with Gasteiger partial charge in [-0.2, -0.15) is 0 Å². The molecule has 2 N–H and O–H groups in total. The number of pyridine rings is 2. The van der Waals surface area contributed by atoms with Crippen LogP contribution in [0.2, 0.25) is 0 Å². The highest BCUT2D eigenvalue weighted by Crippen LogP contribution is 2.24. The summed E-state index contributed by atoms with van der Waals surface area (Å²) in [5, 5.41) is 7.82. The molecule has 0 atom stereocenters. The summed E-state index contributed by atoms with van der Waals surface area (Å²) < 4.78 is 0. The fourth-order valence-electron chi connectivity index (χ4n) is 3.61. The van der Waals surface area contributed by atoms with Crippen LogP contribution in [0.4, 0.5) is 11.4 Å². The van der Waals surface area contributed by atoms with E-state index in [1.54, 1.807) is 24.3 Å². The first-order valence-electron chi connectivity index (χ1n) is 10.8. The average molecular weight is 444 g/mol. The average Bonchev–Trinajstić information content (AvgIpc) is 2.90. The van der Waals surface area contributed by atoms with E-state index in [2.05, 4.69) is 20.6 Å². The Labute approximate surface area is 196 Å². The van der Waals surface area contributed by atoms with Crippen LogP contribution in [0.1, 0.15) is 20.7 Å². The second-order valence-corrected chi connectivity index (χ2v) is 7.67. The molecule has 0 aliphatic rings. The van der Waals surface area contributed by atoms with Gasteiger partial charge in [-0.05, 0) is 47.9 Å². The van der Waals surface area contributed by atoms with Gasteiger partial charge >= 0.3 is 0 Å². The van der Waals surface area contributed by atoms with Crippen molar-refractivity contribution in [1.29, 1.82) is 0 Å². The summed E-state index contributed by atoms with van der Waals surface area (Å²) in [4.78, 5) is 33.9. The van der Waals surface area contributed by atoms with Gasteiger partial charge in [-0.15, -0.1) is 0 Å². The van der Waals surface area contributed by atoms with Gasteiger partial charge in [0, 0.05) is 29.2 Å². The molecule has 0 fully saturated rings. The zero-order chi connectivity index (χ0) is 23.3. The van der Waals surface area contributed by atoms with E-state index in [9.17, 15) is 9.59 Å². The SMILES string of the molecule is O=C(Nc1ccccc1)c1ccc(-c2ccc(C(=O)Nc3cccc4ccccc34)cn2)nc1. The molecule has 6 nitrogen and oxygen atoms in total. The van der Waals surface area contributed by atoms with Gasteiger partial charge in [0.1, 0.15) is 0 Å². The Morgan fingerprint density at radius 2 is 1.15 bits per heavy atom. The Hall–Kier alpha value is -4.84. The van der Waals surface area contributed by atoms with Crippen molar-refractivity contribution in [2.45, 2.75) is 0 Å². The van der Waals surface area contributed by atoms with E-state index >= 15 is 0 Å². The van der Waals surface area contributed by atoms with Crippen LogP contribution >= 0.6 is 0 Å². The standard InChI is InChI=1S/C28H20N4O2/c33-27(31-22-9-2-1-3-10-22)20-13-15-25(29-17-20)26-16-14-21(18-30-26)28(34)32-24-12-6-8-19-7-4-5-11-23(19)24/h1-18H,(H,31,33)(H,32,34). The molecule has 5 aromatic rings. The smallest absolute Gasteiger partial charge is 0.257 e. The van der Waals surface area contributed by atoms with Gasteiger partial charge < -0.3 is 10.6 Å². The first kappa shape index (κ1) is 21.0. The van der Waals surface area contributed by atoms with Gasteiger partial charge in [0.15, 0.2) is 0 Å². The van der Waals surface area contributed by atoms with Crippen LogP contribution in [0.5, 0.6) is 0 Å². The van der Waals surface area contributed by atoms with Crippen molar-refractivity contribution in [2.24, 2.45) is 0 Å². The van der Waals surface area contributed by atoms with Crippen molar-refractivity contribution in [3.05, 3.63) is 121 Å². The van der Waals surface area contributed by atoms with Crippen molar-refractivity contribution < 1.29 is 9.59 Å². The zero-order valence-corrected chi connectivity index (χ0v) is 18.1. The molecule has 2 aromatic heterocycles. The van der Waals surface area contributed by atoms with Crippen LogP contribution in [0.15, 0.2) is 109 Å². The summed E-state index contributed by atoms with van der Waals surface area (Å²) in [7, 11) is 0. The molecule has 0 unspecified atom stereocenters. The molecule has 164 valence electrons. The Balaban J connectivity index is 1.28. The topological polar surface area (TPSA) is 84.0 Å². The monoisotopic (exact) mass is 444 g/mol. The van der Waals surface area contributed by atoms with E-state index in [0.717, 1.165) is 22.1 Å². The number of para-hydroxylation sites is 1. The lowest BCUT2D eigenvalue weighted by molar-refractivity contribution is 0.101. The summed E-state index contributed by atoms with van der Waals surface area (Å²) in [5.41, 5.74) is 3.57. The molecule has 0 spiro atoms. The molecular formula is C28H20N4O2. The normalized spacial score (nSPS) is 10.6. The molecule has 0 aliphatic heterocycles. The van der Waals surface area contributed by atoms with Gasteiger partial charge in [-0.25, -0.2) is 0 Å². The summed E-state index contributed by atoms with van der Waals surface area (Å²) in [6, 6.07) is 29.8. The quantitative estimate of drug-likeness (QED) is 0.359. The Bertz CT molecular complexity index is 1460. The van der Waals surface area contributed by atoms with Crippen molar-refractivity contribution in [2.75, 3.05) is 10.6 Å². The largest absolute Gasteiger partial charge is 0.322 e. The summed E-state index contributed by atoms with van der Waals surface area (Å²) in [6.45, 7) is 0. The van der Waals surface area contributed by atoms with Crippen LogP contribution in [0.25, 0.3) is 22.2 Å². The summed E-state index contributed by atoms with van der Waals surface area (Å²) in [6.07, 6.45) is 3.03. The van der Waals surface area contributed by atoms with E-state index in [1.807, 2.05) is 72.8 Å². The lowest BCUT2D eigenvalue weighted by atomic mass is 10.1. The second-order valence-electron chi connectivity index (χ2n) is 7.67. The molecule has 2 heterocycles. The molecule has 0 bridgehead atoms. The van der Waals surface area contributed by atoms with E-state index in [-0.39, 0.29) is 11.8 Å². The van der Waals surface area contributed by atoms with E-state index in [1.165, 1.54) is 12.4 Å². The Kier molecular flexibility index (Phi) is 5.78. The third kappa shape index (κ3) is 4.52. The van der Waals surface area contributed by atoms with Crippen LogP contribution in [-0.4, -0.2) is 21.8 Å². The molecule has 5 rings (SSSR count). The van der Waals surface area contributed by atoms with Crippen molar-refractivity contribution in [3.8, 4) is 11.4 Å². The number of amides is 2. The third-order valence-electron chi connectivity index (χ3n) is 5.38. The molecule has 2 amide bonds. The van der Waals surface area contributed by atoms with Gasteiger partial charge in [-0.3, -0.25) is 19.6 Å². The van der Waals surface area contributed by atoms with E-state index in [4.69, 9.17) is 0 Å². The van der Waals surface area contributed by atoms with Crippen LogP contribution in [0.3, 0.4) is 0 Å². The van der Waals surface area contributed by atoms with E-state index < -0.39 is 0 Å². The molecule has 3 aromatic carbocycles. The minimum Gasteiger partial charge on any atom is -0.322 e. The number of carbonyl (C=O) groups excluding carboxylic acids is 2. The lowest BCUT2D eigenvalue weighted by Gasteiger charge is -2.09. The summed E-state index contributed by atoms with van der Waals surface area (Å²) in [5.74, 6) is -0.477. The maximum Gasteiger partial charge on any atom is 0.257 e. The Morgan fingerprint density at radius 3 is 1.79 bits per heavy atom. The fraction of sp³-hybridized carbons (Fsp3) is 0. The predicted molar refractivity (Wildman–Crippen MR) is 134 cm³/mol. The molecule has 0 saturated heterocycles. The number of hydrogen-bond donors (Lipinski definition) is 2. The number of nitrogens with zero attached hydrogens (tertiary/aromatic N) is 2. The van der Waals surface area contributed by atoms with E-state index in [0.29, 0.717) is 22.5 Å². The first-order chi connectivity index (χ1) is 16.7. The number of fused-ring (bicyclic) bond motifs is 1. The maximum atomic E-state index is 12.8. The molecule has 6 heteroatoms. The number of hydrogen-bond acceptors (Lipinski definition) is 4. The fourth-order valence-corrected chi connectivity index (χ4v) is 3.61. The third-order valence-corrected chi connectivity index (χ3v) is 5.38. The highest BCUT2D eigenvalue weighted by atomic mass is 16.2. The van der Waals surface area contributed by atoms with Crippen molar-refractivity contribution in [1.82, 2.24) is 9.97 Å². The first-order valence-corrected chi connectivity index (χ1v) is 10.8. The van der Waals surface area contributed by atoms with Gasteiger partial charge in [0.25, 0.3) is 11.8 Å². The number of carbonyl (C=O) groups is 2. The molecule has 0 saturated carbocycles. The summed E-state index contributed by atoms with van der Waals surface area (Å²) >= 11 is 0. The van der Waals surface area contributed by atoms with Crippen LogP contribution < -0.4 is 10.6 Å². The molecule has 0 radical (unpaired) electrons. The molecular weight excluding hydrogens is 424 g/mol. The Morgan fingerprint density at radius 1 is 0.559 bits per heavy atom. The number of nitrogens with one attached hydrogen (secondary N) is 2. The number of benzene rings is 3. The van der Waals surface area contributed by atoms with Crippen molar-refractivity contribution >= 4 is 34.0 Å². The highest BCUT2D eigenvalue weighted by Gasteiger charge is 2.11.